The van der Waals surface area contributed by atoms with E-state index in [2.05, 4.69) is 33.8 Å². The Morgan fingerprint density at radius 1 is 1.47 bits per heavy atom. The van der Waals surface area contributed by atoms with Crippen molar-refractivity contribution in [1.29, 1.82) is 0 Å². The van der Waals surface area contributed by atoms with Gasteiger partial charge in [-0.25, -0.2) is 4.79 Å². The zero-order valence-electron chi connectivity index (χ0n) is 11.0. The van der Waals surface area contributed by atoms with Crippen molar-refractivity contribution >= 4 is 33.7 Å². The third-order valence-electron chi connectivity index (χ3n) is 3.51. The summed E-state index contributed by atoms with van der Waals surface area (Å²) in [6.45, 7) is 3.27. The Balaban J connectivity index is 2.35. The number of carboxylic acids is 1. The van der Waals surface area contributed by atoms with E-state index >= 15 is 0 Å². The average Bonchev–Trinajstić information content (AvgIpc) is 2.37. The third kappa shape index (κ3) is 3.60. The minimum Gasteiger partial charge on any atom is -0.478 e. The van der Waals surface area contributed by atoms with Crippen LogP contribution in [0.4, 0.5) is 5.69 Å². The maximum Gasteiger partial charge on any atom is 0.328 e. The molecule has 19 heavy (non-hydrogen) atoms. The minimum atomic E-state index is -0.919. The van der Waals surface area contributed by atoms with Crippen LogP contribution in [0.5, 0.6) is 0 Å². The van der Waals surface area contributed by atoms with E-state index < -0.39 is 5.97 Å². The summed E-state index contributed by atoms with van der Waals surface area (Å²) in [5, 5.41) is 8.79. The first-order chi connectivity index (χ1) is 9.08. The number of hydrogen-bond donors (Lipinski definition) is 1. The topological polar surface area (TPSA) is 40.5 Å². The maximum atomic E-state index is 10.7. The molecular weight excluding hydrogens is 306 g/mol. The summed E-state index contributed by atoms with van der Waals surface area (Å²) in [6, 6.07) is 6.55. The highest BCUT2D eigenvalue weighted by atomic mass is 79.9. The second kappa shape index (κ2) is 6.24. The Labute approximate surface area is 122 Å². The average molecular weight is 324 g/mol. The van der Waals surface area contributed by atoms with Gasteiger partial charge in [-0.1, -0.05) is 15.9 Å². The first kappa shape index (κ1) is 14.1. The van der Waals surface area contributed by atoms with Gasteiger partial charge in [0.25, 0.3) is 0 Å². The lowest BCUT2D eigenvalue weighted by atomic mass is 10.0. The molecule has 1 aliphatic heterocycles. The molecule has 0 saturated carbocycles. The lowest BCUT2D eigenvalue weighted by Gasteiger charge is -2.36. The number of aliphatic carboxylic acids is 1. The standard InChI is InChI=1S/C15H18BrNO2/c1-11-4-2-3-9-17(11)14-7-6-13(16)10-12(14)5-8-15(18)19/h5-8,10-11H,2-4,9H2,1H3,(H,18,19)/b8-5+. The van der Waals surface area contributed by atoms with Crippen molar-refractivity contribution in [3.8, 4) is 0 Å². The van der Waals surface area contributed by atoms with Crippen molar-refractivity contribution in [3.05, 3.63) is 34.3 Å². The predicted molar refractivity (Wildman–Crippen MR) is 81.5 cm³/mol. The van der Waals surface area contributed by atoms with E-state index in [1.807, 2.05) is 12.1 Å². The molecule has 1 fully saturated rings. The highest BCUT2D eigenvalue weighted by Crippen LogP contribution is 2.30. The summed E-state index contributed by atoms with van der Waals surface area (Å²) in [5.41, 5.74) is 2.07. The van der Waals surface area contributed by atoms with E-state index in [9.17, 15) is 4.79 Å². The Bertz CT molecular complexity index is 499. The molecule has 2 rings (SSSR count). The molecule has 0 aromatic heterocycles. The van der Waals surface area contributed by atoms with Crippen LogP contribution in [0.2, 0.25) is 0 Å². The van der Waals surface area contributed by atoms with E-state index in [0.29, 0.717) is 6.04 Å². The molecule has 1 aromatic carbocycles. The largest absolute Gasteiger partial charge is 0.478 e. The molecule has 0 radical (unpaired) electrons. The molecule has 0 amide bonds. The van der Waals surface area contributed by atoms with Crippen molar-refractivity contribution in [2.45, 2.75) is 32.2 Å². The number of piperidine rings is 1. The highest BCUT2D eigenvalue weighted by Gasteiger charge is 2.20. The van der Waals surface area contributed by atoms with Gasteiger partial charge < -0.3 is 10.0 Å². The van der Waals surface area contributed by atoms with Gasteiger partial charge in [0.2, 0.25) is 0 Å². The monoisotopic (exact) mass is 323 g/mol. The Hall–Kier alpha value is -1.29. The van der Waals surface area contributed by atoms with Crippen LogP contribution < -0.4 is 4.90 Å². The second-order valence-electron chi connectivity index (χ2n) is 4.91. The quantitative estimate of drug-likeness (QED) is 0.857. The minimum absolute atomic E-state index is 0.506. The summed E-state index contributed by atoms with van der Waals surface area (Å²) in [6.07, 6.45) is 6.53. The number of carbonyl (C=O) groups is 1. The second-order valence-corrected chi connectivity index (χ2v) is 5.83. The summed E-state index contributed by atoms with van der Waals surface area (Å²) in [4.78, 5) is 13.1. The molecule has 1 atom stereocenters. The zero-order chi connectivity index (χ0) is 13.8. The van der Waals surface area contributed by atoms with Crippen molar-refractivity contribution < 1.29 is 9.90 Å². The van der Waals surface area contributed by atoms with E-state index in [1.54, 1.807) is 6.08 Å². The van der Waals surface area contributed by atoms with Crippen LogP contribution in [0, 0.1) is 0 Å². The maximum absolute atomic E-state index is 10.7. The molecule has 102 valence electrons. The van der Waals surface area contributed by atoms with Crippen molar-refractivity contribution in [2.75, 3.05) is 11.4 Å². The van der Waals surface area contributed by atoms with E-state index in [4.69, 9.17) is 5.11 Å². The highest BCUT2D eigenvalue weighted by molar-refractivity contribution is 9.10. The van der Waals surface area contributed by atoms with Crippen LogP contribution in [0.1, 0.15) is 31.7 Å². The van der Waals surface area contributed by atoms with Crippen LogP contribution in [-0.2, 0) is 4.79 Å². The number of hydrogen-bond acceptors (Lipinski definition) is 2. The Kier molecular flexibility index (Phi) is 4.64. The lowest BCUT2D eigenvalue weighted by Crippen LogP contribution is -2.37. The normalized spacial score (nSPS) is 19.9. The van der Waals surface area contributed by atoms with Crippen LogP contribution in [-0.4, -0.2) is 23.7 Å². The number of anilines is 1. The lowest BCUT2D eigenvalue weighted by molar-refractivity contribution is -0.131. The van der Waals surface area contributed by atoms with Crippen LogP contribution in [0.25, 0.3) is 6.08 Å². The molecular formula is C15H18BrNO2. The van der Waals surface area contributed by atoms with Gasteiger partial charge in [-0.05, 0) is 56.0 Å². The molecule has 4 heteroatoms. The number of carboxylic acid groups (broad SMARTS) is 1. The van der Waals surface area contributed by atoms with Crippen LogP contribution in [0.3, 0.4) is 0 Å². The van der Waals surface area contributed by atoms with Crippen LogP contribution >= 0.6 is 15.9 Å². The molecule has 1 aromatic rings. The first-order valence-electron chi connectivity index (χ1n) is 6.55. The molecule has 1 heterocycles. The fourth-order valence-electron chi connectivity index (χ4n) is 2.54. The molecule has 0 bridgehead atoms. The molecule has 1 saturated heterocycles. The molecule has 3 nitrogen and oxygen atoms in total. The summed E-state index contributed by atoms with van der Waals surface area (Å²) in [7, 11) is 0. The van der Waals surface area contributed by atoms with Gasteiger partial charge >= 0.3 is 5.97 Å². The summed E-state index contributed by atoms with van der Waals surface area (Å²) in [5.74, 6) is -0.919. The first-order valence-corrected chi connectivity index (χ1v) is 7.34. The van der Waals surface area contributed by atoms with Crippen molar-refractivity contribution in [1.82, 2.24) is 0 Å². The Morgan fingerprint density at radius 3 is 2.95 bits per heavy atom. The number of halogens is 1. The number of benzene rings is 1. The SMILES string of the molecule is CC1CCCCN1c1ccc(Br)cc1/C=C/C(=O)O. The smallest absolute Gasteiger partial charge is 0.328 e. The third-order valence-corrected chi connectivity index (χ3v) is 4.00. The van der Waals surface area contributed by atoms with Gasteiger partial charge in [-0.15, -0.1) is 0 Å². The Morgan fingerprint density at radius 2 is 2.26 bits per heavy atom. The zero-order valence-corrected chi connectivity index (χ0v) is 12.6. The summed E-state index contributed by atoms with van der Waals surface area (Å²) < 4.78 is 0.964. The van der Waals surface area contributed by atoms with Crippen molar-refractivity contribution in [3.63, 3.8) is 0 Å². The fourth-order valence-corrected chi connectivity index (χ4v) is 2.92. The van der Waals surface area contributed by atoms with Gasteiger partial charge in [0, 0.05) is 28.8 Å². The van der Waals surface area contributed by atoms with Crippen molar-refractivity contribution in [2.24, 2.45) is 0 Å². The van der Waals surface area contributed by atoms with Crippen LogP contribution in [0.15, 0.2) is 28.7 Å². The van der Waals surface area contributed by atoms with Gasteiger partial charge in [0.05, 0.1) is 0 Å². The van der Waals surface area contributed by atoms with Gasteiger partial charge in [-0.3, -0.25) is 0 Å². The number of nitrogens with zero attached hydrogens (tertiary/aromatic N) is 1. The predicted octanol–water partition coefficient (Wildman–Crippen LogP) is 3.93. The van der Waals surface area contributed by atoms with Gasteiger partial charge in [0.15, 0.2) is 0 Å². The fraction of sp³-hybridized carbons (Fsp3) is 0.400. The molecule has 1 aliphatic rings. The molecule has 1 N–H and O–H groups in total. The summed E-state index contributed by atoms with van der Waals surface area (Å²) >= 11 is 3.44. The van der Waals surface area contributed by atoms with Gasteiger partial charge in [0.1, 0.15) is 0 Å². The van der Waals surface area contributed by atoms with E-state index in [1.165, 1.54) is 25.3 Å². The molecule has 0 aliphatic carbocycles. The van der Waals surface area contributed by atoms with E-state index in [-0.39, 0.29) is 0 Å². The molecule has 1 unspecified atom stereocenters. The molecule has 0 spiro atoms. The number of rotatable bonds is 3. The van der Waals surface area contributed by atoms with E-state index in [0.717, 1.165) is 22.3 Å². The van der Waals surface area contributed by atoms with Gasteiger partial charge in [-0.2, -0.15) is 0 Å².